The highest BCUT2D eigenvalue weighted by atomic mass is 32.1. The number of aryl methyl sites for hydroxylation is 1. The third kappa shape index (κ3) is 5.28. The van der Waals surface area contributed by atoms with Crippen molar-refractivity contribution in [2.24, 2.45) is 0 Å². The summed E-state index contributed by atoms with van der Waals surface area (Å²) in [5, 5.41) is 14.7. The maximum absolute atomic E-state index is 11.7. The Morgan fingerprint density at radius 1 is 1.43 bits per heavy atom. The molecule has 6 nitrogen and oxygen atoms in total. The maximum Gasteiger partial charge on any atom is 0.248 e. The summed E-state index contributed by atoms with van der Waals surface area (Å²) in [5.74, 6) is 1.03. The van der Waals surface area contributed by atoms with Gasteiger partial charge in [-0.1, -0.05) is 0 Å². The van der Waals surface area contributed by atoms with Crippen LogP contribution in [0.3, 0.4) is 0 Å². The van der Waals surface area contributed by atoms with E-state index in [1.54, 1.807) is 11.3 Å². The molecule has 0 radical (unpaired) electrons. The van der Waals surface area contributed by atoms with Crippen molar-refractivity contribution in [1.82, 2.24) is 20.4 Å². The van der Waals surface area contributed by atoms with E-state index in [9.17, 15) is 4.79 Å². The Hall–Kier alpha value is -1.73. The molecule has 114 valence electrons. The Bertz CT molecular complexity index is 551. The SMILES string of the molecule is CN(C)CCCNC(=O)CCc1nnc(-c2ccsc2)o1. The summed E-state index contributed by atoms with van der Waals surface area (Å²) in [5.41, 5.74) is 0.923. The van der Waals surface area contributed by atoms with Crippen LogP contribution in [0.1, 0.15) is 18.7 Å². The van der Waals surface area contributed by atoms with Crippen LogP contribution in [-0.2, 0) is 11.2 Å². The predicted octanol–water partition coefficient (Wildman–Crippen LogP) is 1.80. The number of thiophene rings is 1. The topological polar surface area (TPSA) is 71.3 Å². The van der Waals surface area contributed by atoms with Gasteiger partial charge in [0.15, 0.2) is 0 Å². The van der Waals surface area contributed by atoms with Gasteiger partial charge in [0.05, 0.1) is 0 Å². The van der Waals surface area contributed by atoms with Crippen LogP contribution in [0.25, 0.3) is 11.5 Å². The average molecular weight is 308 g/mol. The van der Waals surface area contributed by atoms with E-state index in [0.717, 1.165) is 18.5 Å². The van der Waals surface area contributed by atoms with Crippen LogP contribution in [0, 0.1) is 0 Å². The Balaban J connectivity index is 1.69. The van der Waals surface area contributed by atoms with E-state index in [2.05, 4.69) is 20.4 Å². The van der Waals surface area contributed by atoms with Gasteiger partial charge in [-0.3, -0.25) is 4.79 Å². The number of hydrogen-bond donors (Lipinski definition) is 1. The van der Waals surface area contributed by atoms with Crippen LogP contribution in [0.2, 0.25) is 0 Å². The molecule has 0 saturated carbocycles. The largest absolute Gasteiger partial charge is 0.421 e. The minimum atomic E-state index is 0.0176. The van der Waals surface area contributed by atoms with Crippen molar-refractivity contribution in [2.75, 3.05) is 27.2 Å². The van der Waals surface area contributed by atoms with E-state index >= 15 is 0 Å². The quantitative estimate of drug-likeness (QED) is 0.753. The second kappa shape index (κ2) is 7.90. The summed E-state index contributed by atoms with van der Waals surface area (Å²) in [4.78, 5) is 13.8. The summed E-state index contributed by atoms with van der Waals surface area (Å²) in [7, 11) is 4.03. The van der Waals surface area contributed by atoms with Crippen molar-refractivity contribution in [1.29, 1.82) is 0 Å². The molecule has 21 heavy (non-hydrogen) atoms. The van der Waals surface area contributed by atoms with Gasteiger partial charge in [-0.05, 0) is 38.5 Å². The summed E-state index contributed by atoms with van der Waals surface area (Å²) < 4.78 is 5.53. The maximum atomic E-state index is 11.7. The first-order chi connectivity index (χ1) is 10.1. The second-order valence-corrected chi connectivity index (χ2v) is 5.80. The fourth-order valence-corrected chi connectivity index (χ4v) is 2.42. The highest BCUT2D eigenvalue weighted by Gasteiger charge is 2.10. The third-order valence-electron chi connectivity index (χ3n) is 2.91. The zero-order valence-corrected chi connectivity index (χ0v) is 13.2. The van der Waals surface area contributed by atoms with Crippen LogP contribution in [0.4, 0.5) is 0 Å². The molecule has 7 heteroatoms. The molecule has 0 fully saturated rings. The van der Waals surface area contributed by atoms with Gasteiger partial charge in [0.1, 0.15) is 0 Å². The number of hydrogen-bond acceptors (Lipinski definition) is 6. The fourth-order valence-electron chi connectivity index (χ4n) is 1.79. The van der Waals surface area contributed by atoms with Crippen molar-refractivity contribution in [3.8, 4) is 11.5 Å². The minimum Gasteiger partial charge on any atom is -0.421 e. The lowest BCUT2D eigenvalue weighted by Crippen LogP contribution is -2.27. The van der Waals surface area contributed by atoms with Crippen molar-refractivity contribution >= 4 is 17.2 Å². The molecule has 0 spiro atoms. The third-order valence-corrected chi connectivity index (χ3v) is 3.59. The number of rotatable bonds is 8. The monoisotopic (exact) mass is 308 g/mol. The fraction of sp³-hybridized carbons (Fsp3) is 0.500. The van der Waals surface area contributed by atoms with Crippen molar-refractivity contribution in [3.63, 3.8) is 0 Å². The van der Waals surface area contributed by atoms with Gasteiger partial charge in [0, 0.05) is 30.3 Å². The molecule has 0 saturated heterocycles. The molecule has 0 atom stereocenters. The van der Waals surface area contributed by atoms with Crippen molar-refractivity contribution in [2.45, 2.75) is 19.3 Å². The van der Waals surface area contributed by atoms with E-state index < -0.39 is 0 Å². The summed E-state index contributed by atoms with van der Waals surface area (Å²) >= 11 is 1.58. The van der Waals surface area contributed by atoms with Crippen LogP contribution < -0.4 is 5.32 Å². The number of carbonyl (C=O) groups excluding carboxylic acids is 1. The van der Waals surface area contributed by atoms with E-state index in [1.807, 2.05) is 30.9 Å². The molecule has 1 amide bonds. The van der Waals surface area contributed by atoms with E-state index in [-0.39, 0.29) is 5.91 Å². The minimum absolute atomic E-state index is 0.0176. The van der Waals surface area contributed by atoms with Crippen LogP contribution in [-0.4, -0.2) is 48.2 Å². The number of nitrogens with one attached hydrogen (secondary N) is 1. The molecule has 1 N–H and O–H groups in total. The molecule has 2 aromatic heterocycles. The smallest absolute Gasteiger partial charge is 0.248 e. The average Bonchev–Trinajstić information content (AvgIpc) is 3.11. The first-order valence-electron chi connectivity index (χ1n) is 6.91. The number of aromatic nitrogens is 2. The van der Waals surface area contributed by atoms with Gasteiger partial charge in [-0.25, -0.2) is 0 Å². The molecule has 0 aromatic carbocycles. The summed E-state index contributed by atoms with van der Waals surface area (Å²) in [6.07, 6.45) is 1.78. The number of amides is 1. The molecule has 0 aliphatic carbocycles. The van der Waals surface area contributed by atoms with Crippen LogP contribution in [0.15, 0.2) is 21.2 Å². The highest BCUT2D eigenvalue weighted by molar-refractivity contribution is 7.08. The summed E-state index contributed by atoms with van der Waals surface area (Å²) in [6.45, 7) is 1.66. The zero-order chi connectivity index (χ0) is 15.1. The molecule has 2 rings (SSSR count). The van der Waals surface area contributed by atoms with Crippen molar-refractivity contribution < 1.29 is 9.21 Å². The molecular weight excluding hydrogens is 288 g/mol. The Kier molecular flexibility index (Phi) is 5.89. The summed E-state index contributed by atoms with van der Waals surface area (Å²) in [6, 6.07) is 1.93. The first-order valence-corrected chi connectivity index (χ1v) is 7.86. The van der Waals surface area contributed by atoms with E-state index in [1.165, 1.54) is 0 Å². The molecule has 0 aliphatic rings. The molecule has 2 heterocycles. The lowest BCUT2D eigenvalue weighted by atomic mass is 10.3. The Morgan fingerprint density at radius 3 is 3.00 bits per heavy atom. The highest BCUT2D eigenvalue weighted by Crippen LogP contribution is 2.20. The van der Waals surface area contributed by atoms with E-state index in [0.29, 0.717) is 31.2 Å². The van der Waals surface area contributed by atoms with Gasteiger partial charge in [-0.2, -0.15) is 11.3 Å². The number of nitrogens with zero attached hydrogens (tertiary/aromatic N) is 3. The Labute approximate surface area is 128 Å². The normalized spacial score (nSPS) is 11.0. The van der Waals surface area contributed by atoms with Crippen molar-refractivity contribution in [3.05, 3.63) is 22.7 Å². The standard InChI is InChI=1S/C14H20N4O2S/c1-18(2)8-3-7-15-12(19)4-5-13-16-17-14(20-13)11-6-9-21-10-11/h6,9-10H,3-5,7-8H2,1-2H3,(H,15,19). The van der Waals surface area contributed by atoms with Crippen LogP contribution in [0.5, 0.6) is 0 Å². The lowest BCUT2D eigenvalue weighted by Gasteiger charge is -2.09. The first kappa shape index (κ1) is 15.7. The molecular formula is C14H20N4O2S. The van der Waals surface area contributed by atoms with Crippen LogP contribution >= 0.6 is 11.3 Å². The van der Waals surface area contributed by atoms with Gasteiger partial charge < -0.3 is 14.6 Å². The molecule has 0 aliphatic heterocycles. The van der Waals surface area contributed by atoms with Gasteiger partial charge in [-0.15, -0.1) is 10.2 Å². The molecule has 0 unspecified atom stereocenters. The predicted molar refractivity (Wildman–Crippen MR) is 82.1 cm³/mol. The second-order valence-electron chi connectivity index (χ2n) is 5.02. The van der Waals surface area contributed by atoms with Gasteiger partial charge in [0.25, 0.3) is 0 Å². The van der Waals surface area contributed by atoms with Gasteiger partial charge in [0.2, 0.25) is 17.7 Å². The Morgan fingerprint density at radius 2 is 2.29 bits per heavy atom. The number of carbonyl (C=O) groups is 1. The van der Waals surface area contributed by atoms with E-state index in [4.69, 9.17) is 4.42 Å². The van der Waals surface area contributed by atoms with Gasteiger partial charge >= 0.3 is 0 Å². The molecule has 0 bridgehead atoms. The zero-order valence-electron chi connectivity index (χ0n) is 12.3. The molecule has 2 aromatic rings. The lowest BCUT2D eigenvalue weighted by molar-refractivity contribution is -0.121.